The van der Waals surface area contributed by atoms with Crippen molar-refractivity contribution in [3.8, 4) is 0 Å². The fourth-order valence-electron chi connectivity index (χ4n) is 2.84. The summed E-state index contributed by atoms with van der Waals surface area (Å²) in [4.78, 5) is 0. The quantitative estimate of drug-likeness (QED) is 0.822. The first-order valence-corrected chi connectivity index (χ1v) is 6.43. The molecular weight excluding hydrogens is 194 g/mol. The molecule has 2 aliphatic carbocycles. The van der Waals surface area contributed by atoms with E-state index < -0.39 is 0 Å². The highest BCUT2D eigenvalue weighted by molar-refractivity contribution is 5.42. The first-order chi connectivity index (χ1) is 7.55. The second-order valence-electron chi connectivity index (χ2n) is 6.14. The van der Waals surface area contributed by atoms with E-state index in [1.807, 2.05) is 0 Å². The molecule has 1 aromatic rings. The van der Waals surface area contributed by atoms with Gasteiger partial charge in [0.25, 0.3) is 0 Å². The molecule has 0 amide bonds. The van der Waals surface area contributed by atoms with Gasteiger partial charge in [0.2, 0.25) is 0 Å². The van der Waals surface area contributed by atoms with Gasteiger partial charge >= 0.3 is 0 Å². The molecule has 2 saturated carbocycles. The molecule has 3 rings (SSSR count). The Labute approximate surface area is 98.0 Å². The van der Waals surface area contributed by atoms with E-state index >= 15 is 0 Å². The first kappa shape index (κ1) is 10.3. The largest absolute Gasteiger partial charge is 0.324 e. The van der Waals surface area contributed by atoms with Crippen LogP contribution in [0.5, 0.6) is 0 Å². The van der Waals surface area contributed by atoms with Gasteiger partial charge in [0.05, 0.1) is 0 Å². The topological polar surface area (TPSA) is 26.0 Å². The maximum Gasteiger partial charge on any atom is 0.0248 e. The lowest BCUT2D eigenvalue weighted by Gasteiger charge is -2.34. The zero-order chi connectivity index (χ0) is 11.4. The summed E-state index contributed by atoms with van der Waals surface area (Å²) in [5, 5.41) is 0. The van der Waals surface area contributed by atoms with E-state index in [0.717, 1.165) is 5.92 Å². The molecule has 0 radical (unpaired) electrons. The van der Waals surface area contributed by atoms with Crippen molar-refractivity contribution < 1.29 is 0 Å². The molecule has 86 valence electrons. The Kier molecular flexibility index (Phi) is 2.00. The van der Waals surface area contributed by atoms with E-state index in [1.165, 1.54) is 31.2 Å². The molecule has 0 aliphatic heterocycles. The van der Waals surface area contributed by atoms with Crippen LogP contribution < -0.4 is 5.73 Å². The van der Waals surface area contributed by atoms with Gasteiger partial charge in [-0.25, -0.2) is 0 Å². The second-order valence-corrected chi connectivity index (χ2v) is 6.14. The van der Waals surface area contributed by atoms with Crippen LogP contribution in [-0.4, -0.2) is 5.54 Å². The summed E-state index contributed by atoms with van der Waals surface area (Å²) >= 11 is 0. The van der Waals surface area contributed by atoms with Crippen molar-refractivity contribution in [2.24, 2.45) is 5.73 Å². The van der Waals surface area contributed by atoms with E-state index in [0.29, 0.717) is 0 Å². The minimum absolute atomic E-state index is 0.0536. The maximum atomic E-state index is 6.45. The molecule has 2 aliphatic rings. The normalized spacial score (nSPS) is 23.2. The average molecular weight is 215 g/mol. The molecule has 1 nitrogen and oxygen atoms in total. The summed E-state index contributed by atoms with van der Waals surface area (Å²) in [6.45, 7) is 4.64. The van der Waals surface area contributed by atoms with Crippen LogP contribution in [0.1, 0.15) is 56.6 Å². The molecule has 1 aromatic carbocycles. The molecule has 2 N–H and O–H groups in total. The van der Waals surface area contributed by atoms with Crippen LogP contribution in [0.15, 0.2) is 24.3 Å². The van der Waals surface area contributed by atoms with Crippen molar-refractivity contribution in [1.82, 2.24) is 0 Å². The first-order valence-electron chi connectivity index (χ1n) is 6.43. The molecular formula is C15H21N. The van der Waals surface area contributed by atoms with Crippen LogP contribution in [-0.2, 0) is 5.41 Å². The number of benzene rings is 1. The summed E-state index contributed by atoms with van der Waals surface area (Å²) in [5.74, 6) is 0.817. The fourth-order valence-corrected chi connectivity index (χ4v) is 2.84. The van der Waals surface area contributed by atoms with E-state index in [1.54, 1.807) is 5.56 Å². The van der Waals surface area contributed by atoms with Crippen molar-refractivity contribution in [3.05, 3.63) is 35.4 Å². The van der Waals surface area contributed by atoms with Crippen LogP contribution in [0.4, 0.5) is 0 Å². The van der Waals surface area contributed by atoms with Gasteiger partial charge in [0.1, 0.15) is 0 Å². The summed E-state index contributed by atoms with van der Waals surface area (Å²) in [7, 11) is 0. The van der Waals surface area contributed by atoms with Crippen LogP contribution in [0.3, 0.4) is 0 Å². The maximum absolute atomic E-state index is 6.45. The van der Waals surface area contributed by atoms with Gasteiger partial charge in [0, 0.05) is 11.0 Å². The Morgan fingerprint density at radius 2 is 1.81 bits per heavy atom. The molecule has 0 unspecified atom stereocenters. The lowest BCUT2D eigenvalue weighted by atomic mass is 9.73. The van der Waals surface area contributed by atoms with Crippen molar-refractivity contribution in [1.29, 1.82) is 0 Å². The molecule has 0 heterocycles. The van der Waals surface area contributed by atoms with Crippen molar-refractivity contribution in [3.63, 3.8) is 0 Å². The zero-order valence-electron chi connectivity index (χ0n) is 10.3. The summed E-state index contributed by atoms with van der Waals surface area (Å²) in [5.41, 5.74) is 9.69. The molecule has 0 atom stereocenters. The van der Waals surface area contributed by atoms with Gasteiger partial charge in [-0.2, -0.15) is 0 Å². The minimum atomic E-state index is 0.0536. The Hall–Kier alpha value is -0.820. The van der Waals surface area contributed by atoms with E-state index in [9.17, 15) is 0 Å². The lowest BCUT2D eigenvalue weighted by molar-refractivity contribution is 0.388. The predicted molar refractivity (Wildman–Crippen MR) is 67.6 cm³/mol. The Morgan fingerprint density at radius 3 is 2.38 bits per heavy atom. The van der Waals surface area contributed by atoms with Gasteiger partial charge < -0.3 is 5.73 Å². The third-order valence-electron chi connectivity index (χ3n) is 4.68. The molecule has 1 heteroatoms. The van der Waals surface area contributed by atoms with Crippen LogP contribution in [0.25, 0.3) is 0 Å². The minimum Gasteiger partial charge on any atom is -0.324 e. The zero-order valence-corrected chi connectivity index (χ0v) is 10.3. The molecule has 0 spiro atoms. The number of nitrogens with two attached hydrogens (primary N) is 1. The smallest absolute Gasteiger partial charge is 0.0248 e. The standard InChI is InChI=1S/C15H21N/c1-14(2,15(16)9-10-15)13-6-4-3-5-12(13)11-7-8-11/h3-6,11H,7-10,16H2,1-2H3. The highest BCUT2D eigenvalue weighted by atomic mass is 14.9. The number of rotatable bonds is 3. The molecule has 0 aromatic heterocycles. The van der Waals surface area contributed by atoms with E-state index in [4.69, 9.17) is 5.73 Å². The summed E-state index contributed by atoms with van der Waals surface area (Å²) in [6.07, 6.45) is 5.09. The Bertz CT molecular complexity index is 411. The molecule has 2 fully saturated rings. The third-order valence-corrected chi connectivity index (χ3v) is 4.68. The molecule has 16 heavy (non-hydrogen) atoms. The third kappa shape index (κ3) is 1.41. The van der Waals surface area contributed by atoms with Gasteiger partial charge in [-0.15, -0.1) is 0 Å². The highest BCUT2D eigenvalue weighted by Crippen LogP contribution is 2.52. The average Bonchev–Trinajstić information content (AvgIpc) is 3.11. The van der Waals surface area contributed by atoms with Crippen LogP contribution >= 0.6 is 0 Å². The number of hydrogen-bond acceptors (Lipinski definition) is 1. The number of hydrogen-bond donors (Lipinski definition) is 1. The lowest BCUT2D eigenvalue weighted by Crippen LogP contribution is -2.43. The van der Waals surface area contributed by atoms with Crippen LogP contribution in [0, 0.1) is 0 Å². The van der Waals surface area contributed by atoms with Crippen molar-refractivity contribution >= 4 is 0 Å². The van der Waals surface area contributed by atoms with E-state index in [2.05, 4.69) is 38.1 Å². The van der Waals surface area contributed by atoms with Gasteiger partial charge in [-0.1, -0.05) is 38.1 Å². The highest BCUT2D eigenvalue weighted by Gasteiger charge is 2.52. The Balaban J connectivity index is 2.05. The van der Waals surface area contributed by atoms with Gasteiger partial charge in [0.15, 0.2) is 0 Å². The molecule has 0 bridgehead atoms. The molecule has 0 saturated heterocycles. The van der Waals surface area contributed by atoms with Gasteiger partial charge in [-0.05, 0) is 42.7 Å². The SMILES string of the molecule is CC(C)(c1ccccc1C1CC1)C1(N)CC1. The van der Waals surface area contributed by atoms with Gasteiger partial charge in [-0.3, -0.25) is 0 Å². The second kappa shape index (κ2) is 3.10. The van der Waals surface area contributed by atoms with Crippen molar-refractivity contribution in [2.75, 3.05) is 0 Å². The van der Waals surface area contributed by atoms with Crippen LogP contribution in [0.2, 0.25) is 0 Å². The summed E-state index contributed by atoms with van der Waals surface area (Å²) in [6, 6.07) is 8.93. The summed E-state index contributed by atoms with van der Waals surface area (Å²) < 4.78 is 0. The van der Waals surface area contributed by atoms with E-state index in [-0.39, 0.29) is 11.0 Å². The van der Waals surface area contributed by atoms with Crippen molar-refractivity contribution in [2.45, 2.75) is 56.4 Å². The monoisotopic (exact) mass is 215 g/mol. The Morgan fingerprint density at radius 1 is 1.19 bits per heavy atom. The predicted octanol–water partition coefficient (Wildman–Crippen LogP) is 3.33. The fraction of sp³-hybridized carbons (Fsp3) is 0.600.